The zero-order valence-corrected chi connectivity index (χ0v) is 11.6. The molecule has 0 heterocycles. The van der Waals surface area contributed by atoms with Crippen LogP contribution in [0.3, 0.4) is 0 Å². The third-order valence-electron chi connectivity index (χ3n) is 2.47. The van der Waals surface area contributed by atoms with Gasteiger partial charge in [0, 0.05) is 6.42 Å². The van der Waals surface area contributed by atoms with Crippen molar-refractivity contribution in [3.63, 3.8) is 0 Å². The zero-order valence-electron chi connectivity index (χ0n) is 11.6. The lowest BCUT2D eigenvalue weighted by atomic mass is 10.2. The number of nitriles is 1. The van der Waals surface area contributed by atoms with E-state index in [4.69, 9.17) is 15.1 Å². The van der Waals surface area contributed by atoms with Crippen molar-refractivity contribution in [2.24, 2.45) is 0 Å². The standard InChI is InChI=1S/C16H15NO4/c1-2-4-15(18)21-14-9-7-12(8-10-14)5-3-6-13(11-17)16(19)20/h3,5-10H,2,4H2,1H3,(H,19,20). The highest BCUT2D eigenvalue weighted by Crippen LogP contribution is 2.14. The second-order valence-corrected chi connectivity index (χ2v) is 4.15. The molecule has 0 saturated carbocycles. The molecule has 5 nitrogen and oxygen atoms in total. The van der Waals surface area contributed by atoms with E-state index in [-0.39, 0.29) is 11.5 Å². The molecule has 0 fully saturated rings. The molecule has 0 saturated heterocycles. The van der Waals surface area contributed by atoms with Gasteiger partial charge in [-0.05, 0) is 30.2 Å². The summed E-state index contributed by atoms with van der Waals surface area (Å²) in [6.07, 6.45) is 5.45. The molecule has 0 spiro atoms. The fourth-order valence-corrected chi connectivity index (χ4v) is 1.45. The first-order valence-electron chi connectivity index (χ1n) is 6.39. The van der Waals surface area contributed by atoms with E-state index < -0.39 is 5.97 Å². The first-order valence-corrected chi connectivity index (χ1v) is 6.39. The summed E-state index contributed by atoms with van der Waals surface area (Å²) < 4.78 is 5.11. The Balaban J connectivity index is 2.69. The quantitative estimate of drug-likeness (QED) is 0.285. The minimum Gasteiger partial charge on any atom is -0.477 e. The smallest absolute Gasteiger partial charge is 0.346 e. The molecule has 0 unspecified atom stereocenters. The maximum Gasteiger partial charge on any atom is 0.346 e. The number of hydrogen-bond donors (Lipinski definition) is 1. The molecule has 0 aromatic heterocycles. The van der Waals surface area contributed by atoms with Gasteiger partial charge in [0.2, 0.25) is 0 Å². The van der Waals surface area contributed by atoms with E-state index in [9.17, 15) is 9.59 Å². The number of allylic oxidation sites excluding steroid dienone is 2. The lowest BCUT2D eigenvalue weighted by Crippen LogP contribution is -2.06. The van der Waals surface area contributed by atoms with Crippen molar-refractivity contribution in [3.8, 4) is 11.8 Å². The topological polar surface area (TPSA) is 87.4 Å². The Kier molecular flexibility index (Phi) is 6.42. The van der Waals surface area contributed by atoms with Gasteiger partial charge in [0.25, 0.3) is 0 Å². The third-order valence-corrected chi connectivity index (χ3v) is 2.47. The Hall–Kier alpha value is -2.87. The molecule has 1 aromatic rings. The van der Waals surface area contributed by atoms with Crippen LogP contribution in [0.4, 0.5) is 0 Å². The van der Waals surface area contributed by atoms with Crippen LogP contribution in [0.5, 0.6) is 5.75 Å². The average Bonchev–Trinajstić information content (AvgIpc) is 2.45. The Morgan fingerprint density at radius 1 is 1.33 bits per heavy atom. The van der Waals surface area contributed by atoms with Crippen LogP contribution in [0.1, 0.15) is 25.3 Å². The molecule has 1 aromatic carbocycles. The normalized spacial score (nSPS) is 11.1. The van der Waals surface area contributed by atoms with E-state index in [2.05, 4.69) is 0 Å². The minimum absolute atomic E-state index is 0.274. The fourth-order valence-electron chi connectivity index (χ4n) is 1.45. The number of rotatable bonds is 6. The van der Waals surface area contributed by atoms with Crippen molar-refractivity contribution in [2.75, 3.05) is 0 Å². The predicted molar refractivity (Wildman–Crippen MR) is 77.4 cm³/mol. The molecule has 1 rings (SSSR count). The summed E-state index contributed by atoms with van der Waals surface area (Å²) in [5.74, 6) is -1.08. The summed E-state index contributed by atoms with van der Waals surface area (Å²) in [7, 11) is 0. The Bertz CT molecular complexity index is 606. The predicted octanol–water partition coefficient (Wildman–Crippen LogP) is 2.94. The first kappa shape index (κ1) is 16.2. The molecule has 1 N–H and O–H groups in total. The van der Waals surface area contributed by atoms with Gasteiger partial charge in [0.15, 0.2) is 0 Å². The van der Waals surface area contributed by atoms with Gasteiger partial charge >= 0.3 is 11.9 Å². The van der Waals surface area contributed by atoms with Crippen LogP contribution in [0.2, 0.25) is 0 Å². The maximum atomic E-state index is 11.3. The van der Waals surface area contributed by atoms with Crippen LogP contribution < -0.4 is 4.74 Å². The number of carboxylic acids is 1. The molecule has 0 bridgehead atoms. The largest absolute Gasteiger partial charge is 0.477 e. The Morgan fingerprint density at radius 2 is 2.00 bits per heavy atom. The van der Waals surface area contributed by atoms with E-state index >= 15 is 0 Å². The molecule has 0 aliphatic rings. The Labute approximate surface area is 122 Å². The van der Waals surface area contributed by atoms with E-state index in [1.165, 1.54) is 12.2 Å². The highest BCUT2D eigenvalue weighted by Gasteiger charge is 2.03. The number of nitrogens with zero attached hydrogens (tertiary/aromatic N) is 1. The summed E-state index contributed by atoms with van der Waals surface area (Å²) in [5.41, 5.74) is 0.459. The van der Waals surface area contributed by atoms with Crippen LogP contribution in [-0.4, -0.2) is 17.0 Å². The number of aliphatic carboxylic acids is 1. The number of esters is 1. The molecular weight excluding hydrogens is 270 g/mol. The molecule has 0 amide bonds. The highest BCUT2D eigenvalue weighted by atomic mass is 16.5. The summed E-state index contributed by atoms with van der Waals surface area (Å²) in [6, 6.07) is 8.34. The monoisotopic (exact) mass is 285 g/mol. The minimum atomic E-state index is -1.26. The van der Waals surface area contributed by atoms with Gasteiger partial charge in [-0.2, -0.15) is 5.26 Å². The van der Waals surface area contributed by atoms with Gasteiger partial charge in [-0.1, -0.05) is 31.2 Å². The van der Waals surface area contributed by atoms with Gasteiger partial charge in [-0.3, -0.25) is 4.79 Å². The van der Waals surface area contributed by atoms with Gasteiger partial charge in [-0.25, -0.2) is 4.79 Å². The van der Waals surface area contributed by atoms with E-state index in [0.29, 0.717) is 12.2 Å². The van der Waals surface area contributed by atoms with Crippen molar-refractivity contribution in [3.05, 3.63) is 47.6 Å². The van der Waals surface area contributed by atoms with Crippen LogP contribution in [-0.2, 0) is 9.59 Å². The van der Waals surface area contributed by atoms with Crippen molar-refractivity contribution in [2.45, 2.75) is 19.8 Å². The fraction of sp³-hybridized carbons (Fsp3) is 0.188. The van der Waals surface area contributed by atoms with Crippen molar-refractivity contribution in [1.29, 1.82) is 5.26 Å². The number of hydrogen-bond acceptors (Lipinski definition) is 4. The number of benzene rings is 1. The van der Waals surface area contributed by atoms with E-state index in [0.717, 1.165) is 12.0 Å². The SMILES string of the molecule is CCCC(=O)Oc1ccc(C=CC=C(C#N)C(=O)O)cc1. The van der Waals surface area contributed by atoms with Gasteiger partial charge < -0.3 is 9.84 Å². The van der Waals surface area contributed by atoms with Crippen LogP contribution in [0.25, 0.3) is 6.08 Å². The third kappa shape index (κ3) is 5.74. The van der Waals surface area contributed by atoms with Crippen LogP contribution in [0, 0.1) is 11.3 Å². The Morgan fingerprint density at radius 3 is 2.52 bits per heavy atom. The van der Waals surface area contributed by atoms with Gasteiger partial charge in [0.05, 0.1) is 0 Å². The molecule has 0 atom stereocenters. The summed E-state index contributed by atoms with van der Waals surface area (Å²) in [5, 5.41) is 17.2. The summed E-state index contributed by atoms with van der Waals surface area (Å²) in [6.45, 7) is 1.90. The van der Waals surface area contributed by atoms with Crippen molar-refractivity contribution in [1.82, 2.24) is 0 Å². The van der Waals surface area contributed by atoms with Gasteiger partial charge in [-0.15, -0.1) is 0 Å². The molecule has 108 valence electrons. The maximum absolute atomic E-state index is 11.3. The number of carbonyl (C=O) groups is 2. The summed E-state index contributed by atoms with van der Waals surface area (Å²) >= 11 is 0. The van der Waals surface area contributed by atoms with E-state index in [1.54, 1.807) is 36.4 Å². The van der Waals surface area contributed by atoms with Crippen molar-refractivity contribution < 1.29 is 19.4 Å². The second kappa shape index (κ2) is 8.33. The molecule has 5 heteroatoms. The molecule has 0 radical (unpaired) electrons. The number of carbonyl (C=O) groups excluding carboxylic acids is 1. The lowest BCUT2D eigenvalue weighted by Gasteiger charge is -2.03. The van der Waals surface area contributed by atoms with Crippen molar-refractivity contribution >= 4 is 18.0 Å². The first-order chi connectivity index (χ1) is 10.1. The molecule has 21 heavy (non-hydrogen) atoms. The summed E-state index contributed by atoms with van der Waals surface area (Å²) in [4.78, 5) is 21.9. The lowest BCUT2D eigenvalue weighted by molar-refractivity contribution is -0.134. The molecule has 0 aliphatic heterocycles. The van der Waals surface area contributed by atoms with Gasteiger partial charge in [0.1, 0.15) is 17.4 Å². The zero-order chi connectivity index (χ0) is 15.7. The van der Waals surface area contributed by atoms with Crippen LogP contribution in [0.15, 0.2) is 42.0 Å². The van der Waals surface area contributed by atoms with E-state index in [1.807, 2.05) is 6.92 Å². The van der Waals surface area contributed by atoms with Crippen LogP contribution >= 0.6 is 0 Å². The molecule has 0 aliphatic carbocycles. The average molecular weight is 285 g/mol. The number of ether oxygens (including phenoxy) is 1. The number of carboxylic acid groups (broad SMARTS) is 1. The highest BCUT2D eigenvalue weighted by molar-refractivity contribution is 5.91. The second-order valence-electron chi connectivity index (χ2n) is 4.15. The molecular formula is C16H15NO4.